The van der Waals surface area contributed by atoms with Crippen LogP contribution in [0.5, 0.6) is 5.75 Å². The fraction of sp³-hybridized carbons (Fsp3) is 0.0952. The number of aryl methyl sites for hydroxylation is 1. The standard InChI is InChI=1S/C21H16FN3O3S/c1-13-12-29-21-24-17(10-19(26)25(13)21)11-28-18-7-5-16(6-8-18)23-20(27)14-3-2-4-15(22)9-14/h2-10,12H,11H2,1H3,(H,23,27). The summed E-state index contributed by atoms with van der Waals surface area (Å²) in [6.07, 6.45) is 0. The Morgan fingerprint density at radius 1 is 1.21 bits per heavy atom. The Bertz CT molecular complexity index is 1250. The Kier molecular flexibility index (Phi) is 5.09. The van der Waals surface area contributed by atoms with E-state index in [1.807, 2.05) is 12.3 Å². The number of fused-ring (bicyclic) bond motifs is 1. The van der Waals surface area contributed by atoms with Crippen molar-refractivity contribution in [1.29, 1.82) is 0 Å². The van der Waals surface area contributed by atoms with Gasteiger partial charge in [-0.15, -0.1) is 11.3 Å². The SMILES string of the molecule is Cc1csc2nc(COc3ccc(NC(=O)c4cccc(F)c4)cc3)cc(=O)n12. The highest BCUT2D eigenvalue weighted by atomic mass is 32.1. The molecule has 4 aromatic rings. The molecule has 0 atom stereocenters. The minimum absolute atomic E-state index is 0.136. The van der Waals surface area contributed by atoms with Crippen LogP contribution in [-0.4, -0.2) is 15.3 Å². The third kappa shape index (κ3) is 4.17. The van der Waals surface area contributed by atoms with Gasteiger partial charge in [0.25, 0.3) is 11.5 Å². The second-order valence-electron chi connectivity index (χ2n) is 6.36. The van der Waals surface area contributed by atoms with E-state index in [9.17, 15) is 14.0 Å². The molecular formula is C21H16FN3O3S. The van der Waals surface area contributed by atoms with Gasteiger partial charge in [0.2, 0.25) is 0 Å². The Morgan fingerprint density at radius 3 is 2.76 bits per heavy atom. The van der Waals surface area contributed by atoms with Crippen molar-refractivity contribution in [1.82, 2.24) is 9.38 Å². The predicted octanol–water partition coefficient (Wildman–Crippen LogP) is 4.03. The van der Waals surface area contributed by atoms with Crippen LogP contribution < -0.4 is 15.6 Å². The molecule has 2 aromatic heterocycles. The van der Waals surface area contributed by atoms with E-state index >= 15 is 0 Å². The molecule has 0 radical (unpaired) electrons. The van der Waals surface area contributed by atoms with Crippen molar-refractivity contribution in [2.24, 2.45) is 0 Å². The third-order valence-corrected chi connectivity index (χ3v) is 5.16. The van der Waals surface area contributed by atoms with E-state index in [0.29, 0.717) is 22.1 Å². The van der Waals surface area contributed by atoms with Gasteiger partial charge in [0.1, 0.15) is 18.2 Å². The molecule has 0 aliphatic heterocycles. The summed E-state index contributed by atoms with van der Waals surface area (Å²) in [5, 5.41) is 4.58. The third-order valence-electron chi connectivity index (χ3n) is 4.21. The molecule has 6 nitrogen and oxygen atoms in total. The first-order chi connectivity index (χ1) is 14.0. The highest BCUT2D eigenvalue weighted by Crippen LogP contribution is 2.18. The number of carbonyl (C=O) groups is 1. The largest absolute Gasteiger partial charge is 0.487 e. The average molecular weight is 409 g/mol. The number of anilines is 1. The number of ether oxygens (including phenoxy) is 1. The molecule has 0 unspecified atom stereocenters. The topological polar surface area (TPSA) is 72.7 Å². The molecule has 8 heteroatoms. The van der Waals surface area contributed by atoms with Gasteiger partial charge >= 0.3 is 0 Å². The van der Waals surface area contributed by atoms with Crippen LogP contribution in [0.4, 0.5) is 10.1 Å². The zero-order valence-corrected chi connectivity index (χ0v) is 16.2. The molecule has 1 N–H and O–H groups in total. The van der Waals surface area contributed by atoms with Crippen molar-refractivity contribution < 1.29 is 13.9 Å². The number of halogens is 1. The number of rotatable bonds is 5. The lowest BCUT2D eigenvalue weighted by atomic mass is 10.2. The van der Waals surface area contributed by atoms with Crippen LogP contribution in [0.15, 0.2) is 64.8 Å². The fourth-order valence-electron chi connectivity index (χ4n) is 2.80. The van der Waals surface area contributed by atoms with E-state index in [-0.39, 0.29) is 17.7 Å². The van der Waals surface area contributed by atoms with E-state index in [2.05, 4.69) is 10.3 Å². The van der Waals surface area contributed by atoms with Gasteiger partial charge in [-0.2, -0.15) is 0 Å². The van der Waals surface area contributed by atoms with Crippen molar-refractivity contribution in [3.05, 3.63) is 93.1 Å². The molecule has 2 heterocycles. The quantitative estimate of drug-likeness (QED) is 0.540. The van der Waals surface area contributed by atoms with Crippen molar-refractivity contribution in [2.45, 2.75) is 13.5 Å². The molecule has 0 saturated carbocycles. The maximum absolute atomic E-state index is 13.2. The zero-order valence-electron chi connectivity index (χ0n) is 15.4. The van der Waals surface area contributed by atoms with E-state index in [1.54, 1.807) is 28.7 Å². The molecule has 4 rings (SSSR count). The number of benzene rings is 2. The first-order valence-electron chi connectivity index (χ1n) is 8.76. The molecule has 146 valence electrons. The number of amides is 1. The Balaban J connectivity index is 1.41. The van der Waals surface area contributed by atoms with E-state index in [4.69, 9.17) is 4.74 Å². The van der Waals surface area contributed by atoms with Gasteiger partial charge in [0.15, 0.2) is 4.96 Å². The molecule has 0 fully saturated rings. The minimum atomic E-state index is -0.467. The van der Waals surface area contributed by atoms with Crippen LogP contribution in [0, 0.1) is 12.7 Å². The van der Waals surface area contributed by atoms with Gasteiger partial charge in [-0.1, -0.05) is 6.07 Å². The Labute approximate surface area is 169 Å². The van der Waals surface area contributed by atoms with Gasteiger partial charge < -0.3 is 10.1 Å². The van der Waals surface area contributed by atoms with Crippen LogP contribution in [0.2, 0.25) is 0 Å². The lowest BCUT2D eigenvalue weighted by molar-refractivity contribution is 0.102. The minimum Gasteiger partial charge on any atom is -0.487 e. The first kappa shape index (κ1) is 18.8. The summed E-state index contributed by atoms with van der Waals surface area (Å²) in [6, 6.07) is 13.7. The normalized spacial score (nSPS) is 10.8. The molecule has 1 amide bonds. The Morgan fingerprint density at radius 2 is 2.00 bits per heavy atom. The molecule has 0 saturated heterocycles. The molecule has 0 bridgehead atoms. The number of carbonyl (C=O) groups excluding carboxylic acids is 1. The fourth-order valence-corrected chi connectivity index (χ4v) is 3.69. The van der Waals surface area contributed by atoms with Crippen molar-refractivity contribution in [3.63, 3.8) is 0 Å². The smallest absolute Gasteiger partial charge is 0.259 e. The van der Waals surface area contributed by atoms with Gasteiger partial charge in [0, 0.05) is 28.4 Å². The molecular weight excluding hydrogens is 393 g/mol. The molecule has 0 spiro atoms. The van der Waals surface area contributed by atoms with Crippen molar-refractivity contribution >= 4 is 27.9 Å². The van der Waals surface area contributed by atoms with Crippen LogP contribution >= 0.6 is 11.3 Å². The highest BCUT2D eigenvalue weighted by Gasteiger charge is 2.09. The van der Waals surface area contributed by atoms with E-state index in [0.717, 1.165) is 5.69 Å². The first-order valence-corrected chi connectivity index (χ1v) is 9.64. The van der Waals surface area contributed by atoms with Crippen LogP contribution in [-0.2, 0) is 6.61 Å². The highest BCUT2D eigenvalue weighted by molar-refractivity contribution is 7.15. The summed E-state index contributed by atoms with van der Waals surface area (Å²) >= 11 is 1.40. The second kappa shape index (κ2) is 7.84. The van der Waals surface area contributed by atoms with Gasteiger partial charge in [0.05, 0.1) is 5.69 Å². The lowest BCUT2D eigenvalue weighted by Crippen LogP contribution is -2.16. The number of aromatic nitrogens is 2. The lowest BCUT2D eigenvalue weighted by Gasteiger charge is -2.08. The number of hydrogen-bond acceptors (Lipinski definition) is 5. The number of nitrogens with one attached hydrogen (secondary N) is 1. The summed E-state index contributed by atoms with van der Waals surface area (Å²) in [7, 11) is 0. The van der Waals surface area contributed by atoms with Gasteiger partial charge in [-0.25, -0.2) is 9.37 Å². The zero-order chi connectivity index (χ0) is 20.4. The molecule has 2 aromatic carbocycles. The van der Waals surface area contributed by atoms with Crippen LogP contribution in [0.3, 0.4) is 0 Å². The summed E-state index contributed by atoms with van der Waals surface area (Å²) < 4.78 is 20.5. The maximum atomic E-state index is 13.2. The summed E-state index contributed by atoms with van der Waals surface area (Å²) in [5.41, 5.74) is 2.05. The number of thiazole rings is 1. The monoisotopic (exact) mass is 409 g/mol. The summed E-state index contributed by atoms with van der Waals surface area (Å²) in [4.78, 5) is 29.4. The maximum Gasteiger partial charge on any atom is 0.259 e. The van der Waals surface area contributed by atoms with Crippen molar-refractivity contribution in [3.8, 4) is 5.75 Å². The van der Waals surface area contributed by atoms with Gasteiger partial charge in [-0.05, 0) is 49.4 Å². The van der Waals surface area contributed by atoms with E-state index in [1.165, 1.54) is 41.7 Å². The Hall–Kier alpha value is -3.52. The second-order valence-corrected chi connectivity index (χ2v) is 7.19. The predicted molar refractivity (Wildman–Crippen MR) is 109 cm³/mol. The summed E-state index contributed by atoms with van der Waals surface area (Å²) in [6.45, 7) is 2.01. The van der Waals surface area contributed by atoms with Crippen molar-refractivity contribution in [2.75, 3.05) is 5.32 Å². The average Bonchev–Trinajstić information content (AvgIpc) is 3.08. The molecule has 29 heavy (non-hydrogen) atoms. The number of hydrogen-bond donors (Lipinski definition) is 1. The summed E-state index contributed by atoms with van der Waals surface area (Å²) in [5.74, 6) is -0.300. The van der Waals surface area contributed by atoms with Crippen LogP contribution in [0.1, 0.15) is 21.7 Å². The van der Waals surface area contributed by atoms with Gasteiger partial charge in [-0.3, -0.25) is 14.0 Å². The molecule has 0 aliphatic carbocycles. The molecule has 0 aliphatic rings. The van der Waals surface area contributed by atoms with E-state index < -0.39 is 11.7 Å². The number of nitrogens with zero attached hydrogens (tertiary/aromatic N) is 2. The van der Waals surface area contributed by atoms with Crippen LogP contribution in [0.25, 0.3) is 4.96 Å².